The normalized spacial score (nSPS) is 8.93. The number of nitrogens with zero attached hydrogens (tertiary/aromatic N) is 1. The van der Waals surface area contributed by atoms with Gasteiger partial charge in [0.05, 0.1) is 12.7 Å². The van der Waals surface area contributed by atoms with Crippen molar-refractivity contribution in [2.45, 2.75) is 6.42 Å². The van der Waals surface area contributed by atoms with Crippen LogP contribution < -0.4 is 0 Å². The minimum absolute atomic E-state index is 0.402. The van der Waals surface area contributed by atoms with Gasteiger partial charge in [0.2, 0.25) is 0 Å². The SMILES string of the molecule is COC(=O)c1cncc(C#CCCS)c1. The number of thiol groups is 1. The Morgan fingerprint density at radius 1 is 1.60 bits per heavy atom. The smallest absolute Gasteiger partial charge is 0.339 e. The van der Waals surface area contributed by atoms with Gasteiger partial charge >= 0.3 is 5.97 Å². The lowest BCUT2D eigenvalue weighted by atomic mass is 10.2. The maximum atomic E-state index is 11.2. The molecule has 3 nitrogen and oxygen atoms in total. The van der Waals surface area contributed by atoms with Gasteiger partial charge in [-0.2, -0.15) is 12.6 Å². The first-order valence-electron chi connectivity index (χ1n) is 4.41. The first kappa shape index (κ1) is 11.6. The predicted molar refractivity (Wildman–Crippen MR) is 60.9 cm³/mol. The van der Waals surface area contributed by atoms with E-state index in [1.54, 1.807) is 12.3 Å². The van der Waals surface area contributed by atoms with Crippen molar-refractivity contribution in [2.75, 3.05) is 12.9 Å². The number of rotatable bonds is 2. The zero-order valence-electron chi connectivity index (χ0n) is 8.36. The van der Waals surface area contributed by atoms with Gasteiger partial charge in [-0.25, -0.2) is 4.79 Å². The Morgan fingerprint density at radius 3 is 3.07 bits per heavy atom. The number of hydrogen-bond acceptors (Lipinski definition) is 4. The van der Waals surface area contributed by atoms with E-state index in [-0.39, 0.29) is 0 Å². The lowest BCUT2D eigenvalue weighted by molar-refractivity contribution is 0.0600. The van der Waals surface area contributed by atoms with Crippen molar-refractivity contribution < 1.29 is 9.53 Å². The van der Waals surface area contributed by atoms with Crippen molar-refractivity contribution in [3.63, 3.8) is 0 Å². The molecule has 0 aliphatic rings. The van der Waals surface area contributed by atoms with Crippen LogP contribution >= 0.6 is 12.6 Å². The first-order chi connectivity index (χ1) is 7.27. The quantitative estimate of drug-likeness (QED) is 0.468. The molecule has 0 unspecified atom stereocenters. The van der Waals surface area contributed by atoms with Gasteiger partial charge in [0, 0.05) is 30.1 Å². The average Bonchev–Trinajstić information content (AvgIpc) is 2.29. The van der Waals surface area contributed by atoms with Crippen LogP contribution in [0.25, 0.3) is 0 Å². The number of hydrogen-bond donors (Lipinski definition) is 1. The van der Waals surface area contributed by atoms with Crippen molar-refractivity contribution in [1.29, 1.82) is 0 Å². The van der Waals surface area contributed by atoms with Crippen LogP contribution in [-0.2, 0) is 4.74 Å². The van der Waals surface area contributed by atoms with E-state index < -0.39 is 5.97 Å². The van der Waals surface area contributed by atoms with Gasteiger partial charge in [0.25, 0.3) is 0 Å². The minimum atomic E-state index is -0.402. The van der Waals surface area contributed by atoms with Gasteiger partial charge in [-0.15, -0.1) is 0 Å². The monoisotopic (exact) mass is 221 g/mol. The van der Waals surface area contributed by atoms with Crippen molar-refractivity contribution in [1.82, 2.24) is 4.98 Å². The summed E-state index contributed by atoms with van der Waals surface area (Å²) in [4.78, 5) is 15.1. The van der Waals surface area contributed by atoms with Crippen molar-refractivity contribution in [3.05, 3.63) is 29.6 Å². The van der Waals surface area contributed by atoms with E-state index in [0.29, 0.717) is 17.5 Å². The summed E-state index contributed by atoms with van der Waals surface area (Å²) >= 11 is 4.04. The third kappa shape index (κ3) is 3.64. The fourth-order valence-electron chi connectivity index (χ4n) is 0.958. The number of carbonyl (C=O) groups excluding carboxylic acids is 1. The maximum absolute atomic E-state index is 11.2. The molecule has 0 atom stereocenters. The predicted octanol–water partition coefficient (Wildman–Crippen LogP) is 1.54. The minimum Gasteiger partial charge on any atom is -0.465 e. The van der Waals surface area contributed by atoms with Crippen molar-refractivity contribution >= 4 is 18.6 Å². The number of aromatic nitrogens is 1. The highest BCUT2D eigenvalue weighted by Gasteiger charge is 2.04. The van der Waals surface area contributed by atoms with E-state index in [4.69, 9.17) is 0 Å². The molecule has 0 saturated heterocycles. The Bertz CT molecular complexity index is 407. The van der Waals surface area contributed by atoms with Crippen LogP contribution in [0.2, 0.25) is 0 Å². The summed E-state index contributed by atoms with van der Waals surface area (Å²) in [5, 5.41) is 0. The molecule has 0 aliphatic heterocycles. The second-order valence-corrected chi connectivity index (χ2v) is 3.18. The summed E-state index contributed by atoms with van der Waals surface area (Å²) in [6, 6.07) is 1.66. The van der Waals surface area contributed by atoms with E-state index in [0.717, 1.165) is 5.75 Å². The fraction of sp³-hybridized carbons (Fsp3) is 0.273. The summed E-state index contributed by atoms with van der Waals surface area (Å²) in [6.07, 6.45) is 3.78. The Kier molecular flexibility index (Phi) is 4.72. The number of methoxy groups -OCH3 is 1. The maximum Gasteiger partial charge on any atom is 0.339 e. The van der Waals surface area contributed by atoms with E-state index in [9.17, 15) is 4.79 Å². The number of esters is 1. The van der Waals surface area contributed by atoms with Gasteiger partial charge in [0.15, 0.2) is 0 Å². The zero-order valence-corrected chi connectivity index (χ0v) is 9.25. The average molecular weight is 221 g/mol. The van der Waals surface area contributed by atoms with Crippen LogP contribution in [0.1, 0.15) is 22.3 Å². The second-order valence-electron chi connectivity index (χ2n) is 2.73. The molecule has 0 aliphatic carbocycles. The van der Waals surface area contributed by atoms with Crippen LogP contribution in [0.3, 0.4) is 0 Å². The molecular formula is C11H11NO2S. The molecule has 0 saturated carbocycles. The van der Waals surface area contributed by atoms with Crippen molar-refractivity contribution in [3.8, 4) is 11.8 Å². The van der Waals surface area contributed by atoms with Gasteiger partial charge in [0.1, 0.15) is 0 Å². The molecule has 0 radical (unpaired) electrons. The molecule has 78 valence electrons. The fourth-order valence-corrected chi connectivity index (χ4v) is 1.07. The topological polar surface area (TPSA) is 39.2 Å². The van der Waals surface area contributed by atoms with E-state index in [2.05, 4.69) is 34.2 Å². The Balaban J connectivity index is 2.84. The highest BCUT2D eigenvalue weighted by molar-refractivity contribution is 7.80. The highest BCUT2D eigenvalue weighted by atomic mass is 32.1. The number of pyridine rings is 1. The molecule has 0 bridgehead atoms. The summed E-state index contributed by atoms with van der Waals surface area (Å²) in [5.41, 5.74) is 1.12. The standard InChI is InChI=1S/C11H11NO2S/c1-14-11(13)10-6-9(7-12-8-10)4-2-3-5-15/h6-8,15H,3,5H2,1H3. The van der Waals surface area contributed by atoms with Crippen LogP contribution in [0.4, 0.5) is 0 Å². The Labute approximate surface area is 94.3 Å². The largest absolute Gasteiger partial charge is 0.465 e. The van der Waals surface area contributed by atoms with Crippen LogP contribution in [-0.4, -0.2) is 23.8 Å². The van der Waals surface area contributed by atoms with Gasteiger partial charge < -0.3 is 4.74 Å². The number of ether oxygens (including phenoxy) is 1. The molecule has 0 N–H and O–H groups in total. The molecule has 0 spiro atoms. The summed E-state index contributed by atoms with van der Waals surface area (Å²) in [7, 11) is 1.33. The first-order valence-corrected chi connectivity index (χ1v) is 5.04. The molecular weight excluding hydrogens is 210 g/mol. The van der Waals surface area contributed by atoms with Crippen LogP contribution in [0.5, 0.6) is 0 Å². The highest BCUT2D eigenvalue weighted by Crippen LogP contribution is 2.02. The van der Waals surface area contributed by atoms with E-state index >= 15 is 0 Å². The van der Waals surface area contributed by atoms with E-state index in [1.165, 1.54) is 13.3 Å². The summed E-state index contributed by atoms with van der Waals surface area (Å²) in [6.45, 7) is 0. The Morgan fingerprint density at radius 2 is 2.40 bits per heavy atom. The molecule has 15 heavy (non-hydrogen) atoms. The van der Waals surface area contributed by atoms with Crippen LogP contribution in [0, 0.1) is 11.8 Å². The van der Waals surface area contributed by atoms with Crippen molar-refractivity contribution in [2.24, 2.45) is 0 Å². The molecule has 1 aromatic rings. The van der Waals surface area contributed by atoms with Gasteiger partial charge in [-0.3, -0.25) is 4.98 Å². The molecule has 0 fully saturated rings. The number of carbonyl (C=O) groups is 1. The molecule has 1 rings (SSSR count). The lowest BCUT2D eigenvalue weighted by Gasteiger charge is -1.97. The molecule has 1 heterocycles. The molecule has 0 aromatic carbocycles. The summed E-state index contributed by atoms with van der Waals surface area (Å²) in [5.74, 6) is 6.13. The molecule has 0 amide bonds. The lowest BCUT2D eigenvalue weighted by Crippen LogP contribution is -2.01. The third-order valence-corrected chi connectivity index (χ3v) is 1.85. The van der Waals surface area contributed by atoms with Gasteiger partial charge in [-0.05, 0) is 6.07 Å². The van der Waals surface area contributed by atoms with Crippen LogP contribution in [0.15, 0.2) is 18.5 Å². The summed E-state index contributed by atoms with van der Waals surface area (Å²) < 4.78 is 4.58. The van der Waals surface area contributed by atoms with E-state index in [1.807, 2.05) is 0 Å². The zero-order chi connectivity index (χ0) is 11.1. The van der Waals surface area contributed by atoms with Gasteiger partial charge in [-0.1, -0.05) is 11.8 Å². The molecule has 4 heteroatoms. The molecule has 1 aromatic heterocycles. The second kappa shape index (κ2) is 6.10. The third-order valence-electron chi connectivity index (χ3n) is 1.63. The Hall–Kier alpha value is -1.47.